The van der Waals surface area contributed by atoms with Gasteiger partial charge in [0.25, 0.3) is 0 Å². The Morgan fingerprint density at radius 2 is 2.06 bits per heavy atom. The SMILES string of the molecule is C=CCC1(C(=O)OC)CC(C(=O)OC)CCC1F. The van der Waals surface area contributed by atoms with Crippen molar-refractivity contribution in [3.63, 3.8) is 0 Å². The van der Waals surface area contributed by atoms with E-state index in [2.05, 4.69) is 11.3 Å². The first-order chi connectivity index (χ1) is 8.51. The van der Waals surface area contributed by atoms with Crippen molar-refractivity contribution >= 4 is 11.9 Å². The molecule has 1 rings (SSSR count). The molecule has 0 aromatic rings. The van der Waals surface area contributed by atoms with Gasteiger partial charge in [-0.15, -0.1) is 6.58 Å². The Kier molecular flexibility index (Phi) is 4.87. The first-order valence-corrected chi connectivity index (χ1v) is 5.93. The summed E-state index contributed by atoms with van der Waals surface area (Å²) in [6.45, 7) is 3.55. The highest BCUT2D eigenvalue weighted by atomic mass is 19.1. The topological polar surface area (TPSA) is 52.6 Å². The molecule has 1 aliphatic carbocycles. The van der Waals surface area contributed by atoms with Crippen molar-refractivity contribution < 1.29 is 23.5 Å². The molecule has 3 atom stereocenters. The molecule has 1 fully saturated rings. The lowest BCUT2D eigenvalue weighted by Crippen LogP contribution is -2.47. The molecule has 0 bridgehead atoms. The molecular weight excluding hydrogens is 239 g/mol. The zero-order valence-corrected chi connectivity index (χ0v) is 10.8. The lowest BCUT2D eigenvalue weighted by atomic mass is 9.66. The van der Waals surface area contributed by atoms with Crippen LogP contribution >= 0.6 is 0 Å². The van der Waals surface area contributed by atoms with Crippen LogP contribution in [0.4, 0.5) is 4.39 Å². The van der Waals surface area contributed by atoms with Gasteiger partial charge in [0, 0.05) is 0 Å². The Bertz CT molecular complexity index is 342. The van der Waals surface area contributed by atoms with Crippen LogP contribution in [0.1, 0.15) is 25.7 Å². The van der Waals surface area contributed by atoms with Crippen molar-refractivity contribution in [2.75, 3.05) is 14.2 Å². The van der Waals surface area contributed by atoms with Crippen molar-refractivity contribution in [1.82, 2.24) is 0 Å². The molecular formula is C13H19FO4. The van der Waals surface area contributed by atoms with Crippen molar-refractivity contribution in [3.8, 4) is 0 Å². The van der Waals surface area contributed by atoms with Crippen LogP contribution in [0.15, 0.2) is 12.7 Å². The fraction of sp³-hybridized carbons (Fsp3) is 0.692. The molecule has 0 aliphatic heterocycles. The smallest absolute Gasteiger partial charge is 0.315 e. The highest BCUT2D eigenvalue weighted by Gasteiger charge is 2.52. The second-order valence-corrected chi connectivity index (χ2v) is 4.61. The van der Waals surface area contributed by atoms with Gasteiger partial charge in [-0.3, -0.25) is 9.59 Å². The van der Waals surface area contributed by atoms with E-state index >= 15 is 0 Å². The van der Waals surface area contributed by atoms with Gasteiger partial charge in [0.1, 0.15) is 11.6 Å². The van der Waals surface area contributed by atoms with Crippen LogP contribution in [0.5, 0.6) is 0 Å². The summed E-state index contributed by atoms with van der Waals surface area (Å²) in [4.78, 5) is 23.4. The maximum atomic E-state index is 14.2. The Morgan fingerprint density at radius 1 is 1.39 bits per heavy atom. The third kappa shape index (κ3) is 2.54. The van der Waals surface area contributed by atoms with Gasteiger partial charge in [-0.25, -0.2) is 4.39 Å². The lowest BCUT2D eigenvalue weighted by molar-refractivity contribution is -0.165. The summed E-state index contributed by atoms with van der Waals surface area (Å²) >= 11 is 0. The normalized spacial score (nSPS) is 31.5. The Morgan fingerprint density at radius 3 is 2.56 bits per heavy atom. The molecule has 102 valence electrons. The van der Waals surface area contributed by atoms with Crippen LogP contribution in [0, 0.1) is 11.3 Å². The van der Waals surface area contributed by atoms with Crippen LogP contribution in [-0.4, -0.2) is 32.3 Å². The van der Waals surface area contributed by atoms with Crippen LogP contribution in [0.25, 0.3) is 0 Å². The third-order valence-electron chi connectivity index (χ3n) is 3.61. The standard InChI is InChI=1S/C13H19FO4/c1-4-7-13(12(16)18-3)8-9(11(15)17-2)5-6-10(13)14/h4,9-10H,1,5-8H2,2-3H3. The number of hydrogen-bond acceptors (Lipinski definition) is 4. The molecule has 0 spiro atoms. The fourth-order valence-corrected chi connectivity index (χ4v) is 2.63. The van der Waals surface area contributed by atoms with E-state index in [1.54, 1.807) is 0 Å². The molecule has 0 heterocycles. The number of rotatable bonds is 4. The molecule has 0 N–H and O–H groups in total. The number of halogens is 1. The minimum absolute atomic E-state index is 0.111. The lowest BCUT2D eigenvalue weighted by Gasteiger charge is -2.39. The average molecular weight is 258 g/mol. The molecule has 1 saturated carbocycles. The predicted octanol–water partition coefficient (Wildman–Crippen LogP) is 2.03. The minimum atomic E-state index is -1.32. The van der Waals surface area contributed by atoms with Crippen molar-refractivity contribution in [1.29, 1.82) is 0 Å². The molecule has 0 aromatic carbocycles. The zero-order chi connectivity index (χ0) is 13.8. The second-order valence-electron chi connectivity index (χ2n) is 4.61. The van der Waals surface area contributed by atoms with E-state index in [9.17, 15) is 14.0 Å². The van der Waals surface area contributed by atoms with Gasteiger partial charge < -0.3 is 9.47 Å². The first-order valence-electron chi connectivity index (χ1n) is 5.93. The van der Waals surface area contributed by atoms with Gasteiger partial charge in [0.2, 0.25) is 0 Å². The molecule has 0 amide bonds. The Hall–Kier alpha value is -1.39. The van der Waals surface area contributed by atoms with Gasteiger partial charge in [-0.05, 0) is 25.7 Å². The zero-order valence-electron chi connectivity index (χ0n) is 10.8. The van der Waals surface area contributed by atoms with Gasteiger partial charge in [-0.2, -0.15) is 0 Å². The Balaban J connectivity index is 3.00. The van der Waals surface area contributed by atoms with E-state index in [-0.39, 0.29) is 19.3 Å². The maximum Gasteiger partial charge on any atom is 0.315 e. The summed E-state index contributed by atoms with van der Waals surface area (Å²) in [6.07, 6.45) is 0.993. The molecule has 3 unspecified atom stereocenters. The number of esters is 2. The largest absolute Gasteiger partial charge is 0.469 e. The van der Waals surface area contributed by atoms with E-state index in [4.69, 9.17) is 4.74 Å². The fourth-order valence-electron chi connectivity index (χ4n) is 2.63. The summed E-state index contributed by atoms with van der Waals surface area (Å²) < 4.78 is 23.5. The molecule has 0 aromatic heterocycles. The number of carbonyl (C=O) groups excluding carboxylic acids is 2. The van der Waals surface area contributed by atoms with E-state index in [0.717, 1.165) is 0 Å². The van der Waals surface area contributed by atoms with Crippen LogP contribution < -0.4 is 0 Å². The number of methoxy groups -OCH3 is 2. The van der Waals surface area contributed by atoms with Gasteiger partial charge >= 0.3 is 11.9 Å². The van der Waals surface area contributed by atoms with E-state index < -0.39 is 29.4 Å². The maximum absolute atomic E-state index is 14.2. The average Bonchev–Trinajstić information content (AvgIpc) is 2.39. The Labute approximate surface area is 106 Å². The molecule has 4 nitrogen and oxygen atoms in total. The highest BCUT2D eigenvalue weighted by molar-refractivity contribution is 5.80. The molecule has 18 heavy (non-hydrogen) atoms. The highest BCUT2D eigenvalue weighted by Crippen LogP contribution is 2.45. The van der Waals surface area contributed by atoms with Crippen molar-refractivity contribution in [2.45, 2.75) is 31.9 Å². The van der Waals surface area contributed by atoms with E-state index in [1.807, 2.05) is 0 Å². The van der Waals surface area contributed by atoms with Crippen LogP contribution in [-0.2, 0) is 19.1 Å². The van der Waals surface area contributed by atoms with E-state index in [0.29, 0.717) is 6.42 Å². The summed E-state index contributed by atoms with van der Waals surface area (Å²) in [7, 11) is 2.51. The first kappa shape index (κ1) is 14.7. The van der Waals surface area contributed by atoms with Gasteiger partial charge in [0.05, 0.1) is 20.1 Å². The second kappa shape index (κ2) is 5.98. The van der Waals surface area contributed by atoms with Gasteiger partial charge in [-0.1, -0.05) is 6.08 Å². The minimum Gasteiger partial charge on any atom is -0.469 e. The summed E-state index contributed by atoms with van der Waals surface area (Å²) in [5.74, 6) is -1.48. The van der Waals surface area contributed by atoms with Crippen molar-refractivity contribution in [2.24, 2.45) is 11.3 Å². The predicted molar refractivity (Wildman–Crippen MR) is 63.5 cm³/mol. The number of ether oxygens (including phenoxy) is 2. The van der Waals surface area contributed by atoms with Crippen LogP contribution in [0.2, 0.25) is 0 Å². The van der Waals surface area contributed by atoms with Crippen LogP contribution in [0.3, 0.4) is 0 Å². The summed E-state index contributed by atoms with van der Waals surface area (Å²) in [6, 6.07) is 0. The molecule has 1 aliphatic rings. The summed E-state index contributed by atoms with van der Waals surface area (Å²) in [5, 5.41) is 0. The monoisotopic (exact) mass is 258 g/mol. The van der Waals surface area contributed by atoms with E-state index in [1.165, 1.54) is 20.3 Å². The quantitative estimate of drug-likeness (QED) is 0.572. The summed E-state index contributed by atoms with van der Waals surface area (Å²) in [5.41, 5.74) is -1.30. The van der Waals surface area contributed by atoms with Crippen molar-refractivity contribution in [3.05, 3.63) is 12.7 Å². The molecule has 0 saturated heterocycles. The number of hydrogen-bond donors (Lipinski definition) is 0. The number of alkyl halides is 1. The molecule has 5 heteroatoms. The third-order valence-corrected chi connectivity index (χ3v) is 3.61. The van der Waals surface area contributed by atoms with Gasteiger partial charge in [0.15, 0.2) is 0 Å². The molecule has 0 radical (unpaired) electrons. The number of allylic oxidation sites excluding steroid dienone is 1. The number of carbonyl (C=O) groups is 2.